The third-order valence-electron chi connectivity index (χ3n) is 2.20. The summed E-state index contributed by atoms with van der Waals surface area (Å²) in [7, 11) is 0. The zero-order valence-electron chi connectivity index (χ0n) is 9.35. The Balaban J connectivity index is 2.53. The van der Waals surface area contributed by atoms with Crippen molar-refractivity contribution in [1.29, 1.82) is 5.26 Å². The van der Waals surface area contributed by atoms with Crippen LogP contribution in [0, 0.1) is 22.6 Å². The van der Waals surface area contributed by atoms with Gasteiger partial charge in [0, 0.05) is 17.6 Å². The predicted molar refractivity (Wildman–Crippen MR) is 65.2 cm³/mol. The Hall–Kier alpha value is -0.920. The highest BCUT2D eigenvalue weighted by atomic mass is 79.9. The standard InChI is InChI=1S/C12H14BrFN2/c1-12(2,7-15)8-16-6-9-3-4-10(14)5-11(9)13/h3-5,16H,6,8H2,1-2H3. The van der Waals surface area contributed by atoms with Crippen LogP contribution in [0.5, 0.6) is 0 Å². The molecule has 0 aromatic heterocycles. The van der Waals surface area contributed by atoms with E-state index in [0.29, 0.717) is 13.1 Å². The summed E-state index contributed by atoms with van der Waals surface area (Å²) in [4.78, 5) is 0. The van der Waals surface area contributed by atoms with Crippen LogP contribution in [0.4, 0.5) is 4.39 Å². The number of hydrogen-bond acceptors (Lipinski definition) is 2. The van der Waals surface area contributed by atoms with Gasteiger partial charge >= 0.3 is 0 Å². The Morgan fingerprint density at radius 2 is 2.19 bits per heavy atom. The molecule has 0 saturated carbocycles. The minimum absolute atomic E-state index is 0.257. The number of halogens is 2. The molecule has 1 aromatic carbocycles. The molecule has 0 aliphatic heterocycles. The monoisotopic (exact) mass is 284 g/mol. The summed E-state index contributed by atoms with van der Waals surface area (Å²) >= 11 is 3.30. The van der Waals surface area contributed by atoms with Gasteiger partial charge in [-0.25, -0.2) is 4.39 Å². The molecule has 0 unspecified atom stereocenters. The average Bonchev–Trinajstić information content (AvgIpc) is 2.21. The molecule has 2 nitrogen and oxygen atoms in total. The van der Waals surface area contributed by atoms with Crippen molar-refractivity contribution in [3.8, 4) is 6.07 Å². The molecule has 0 amide bonds. The van der Waals surface area contributed by atoms with Crippen LogP contribution in [0.15, 0.2) is 22.7 Å². The first-order valence-electron chi connectivity index (χ1n) is 5.00. The van der Waals surface area contributed by atoms with E-state index in [1.54, 1.807) is 6.07 Å². The minimum Gasteiger partial charge on any atom is -0.311 e. The average molecular weight is 285 g/mol. The molecule has 0 bridgehead atoms. The number of nitrogens with zero attached hydrogens (tertiary/aromatic N) is 1. The summed E-state index contributed by atoms with van der Waals surface area (Å²) in [5.41, 5.74) is 0.599. The van der Waals surface area contributed by atoms with E-state index in [2.05, 4.69) is 27.3 Å². The Bertz CT molecular complexity index is 410. The van der Waals surface area contributed by atoms with Crippen LogP contribution in [-0.4, -0.2) is 6.54 Å². The maximum atomic E-state index is 12.8. The molecule has 1 aromatic rings. The Kier molecular flexibility index (Phi) is 4.45. The molecule has 0 heterocycles. The number of benzene rings is 1. The third kappa shape index (κ3) is 3.92. The van der Waals surface area contributed by atoms with Gasteiger partial charge in [0.1, 0.15) is 5.82 Å². The summed E-state index contributed by atoms with van der Waals surface area (Å²) in [6, 6.07) is 6.81. The molecule has 0 spiro atoms. The SMILES string of the molecule is CC(C)(C#N)CNCc1ccc(F)cc1Br. The van der Waals surface area contributed by atoms with Gasteiger partial charge in [-0.2, -0.15) is 5.26 Å². The molecule has 1 rings (SSSR count). The van der Waals surface area contributed by atoms with Crippen LogP contribution >= 0.6 is 15.9 Å². The van der Waals surface area contributed by atoms with Crippen LogP contribution in [0.25, 0.3) is 0 Å². The van der Waals surface area contributed by atoms with E-state index in [1.165, 1.54) is 12.1 Å². The largest absolute Gasteiger partial charge is 0.311 e. The molecular weight excluding hydrogens is 271 g/mol. The van der Waals surface area contributed by atoms with Crippen molar-refractivity contribution >= 4 is 15.9 Å². The van der Waals surface area contributed by atoms with E-state index in [9.17, 15) is 4.39 Å². The van der Waals surface area contributed by atoms with E-state index in [-0.39, 0.29) is 11.2 Å². The lowest BCUT2D eigenvalue weighted by molar-refractivity contribution is 0.444. The van der Waals surface area contributed by atoms with Crippen molar-refractivity contribution in [3.63, 3.8) is 0 Å². The minimum atomic E-state index is -0.382. The molecule has 0 saturated heterocycles. The van der Waals surface area contributed by atoms with Crippen molar-refractivity contribution in [2.45, 2.75) is 20.4 Å². The molecule has 4 heteroatoms. The highest BCUT2D eigenvalue weighted by Gasteiger charge is 2.15. The van der Waals surface area contributed by atoms with Crippen LogP contribution < -0.4 is 5.32 Å². The molecule has 0 aliphatic rings. The van der Waals surface area contributed by atoms with E-state index < -0.39 is 0 Å². The summed E-state index contributed by atoms with van der Waals surface area (Å²) in [5.74, 6) is -0.257. The first-order chi connectivity index (χ1) is 7.44. The second kappa shape index (κ2) is 5.42. The van der Waals surface area contributed by atoms with Crippen molar-refractivity contribution in [2.75, 3.05) is 6.54 Å². The lowest BCUT2D eigenvalue weighted by Crippen LogP contribution is -2.27. The molecule has 0 aliphatic carbocycles. The van der Waals surface area contributed by atoms with Crippen LogP contribution in [0.1, 0.15) is 19.4 Å². The van der Waals surface area contributed by atoms with Crippen molar-refractivity contribution < 1.29 is 4.39 Å². The van der Waals surface area contributed by atoms with Crippen molar-refractivity contribution in [3.05, 3.63) is 34.1 Å². The number of rotatable bonds is 4. The van der Waals surface area contributed by atoms with Gasteiger partial charge in [0.25, 0.3) is 0 Å². The maximum absolute atomic E-state index is 12.8. The second-order valence-corrected chi connectivity index (χ2v) is 5.19. The molecular formula is C12H14BrFN2. The van der Waals surface area contributed by atoms with Crippen molar-refractivity contribution in [2.24, 2.45) is 5.41 Å². The van der Waals surface area contributed by atoms with Gasteiger partial charge in [0.05, 0.1) is 11.5 Å². The number of nitrogens with one attached hydrogen (secondary N) is 1. The predicted octanol–water partition coefficient (Wildman–Crippen LogP) is 3.23. The molecule has 1 N–H and O–H groups in total. The molecule has 86 valence electrons. The van der Waals surface area contributed by atoms with Gasteiger partial charge in [-0.15, -0.1) is 0 Å². The van der Waals surface area contributed by atoms with E-state index >= 15 is 0 Å². The fourth-order valence-corrected chi connectivity index (χ4v) is 1.71. The number of nitriles is 1. The summed E-state index contributed by atoms with van der Waals surface area (Å²) in [5, 5.41) is 12.0. The molecule has 0 atom stereocenters. The van der Waals surface area contributed by atoms with Gasteiger partial charge in [-0.05, 0) is 31.5 Å². The van der Waals surface area contributed by atoms with Crippen LogP contribution in [-0.2, 0) is 6.54 Å². The normalized spacial score (nSPS) is 11.2. The fourth-order valence-electron chi connectivity index (χ4n) is 1.21. The van der Waals surface area contributed by atoms with Gasteiger partial charge in [-0.1, -0.05) is 22.0 Å². The van der Waals surface area contributed by atoms with Gasteiger partial charge in [0.2, 0.25) is 0 Å². The number of hydrogen-bond donors (Lipinski definition) is 1. The second-order valence-electron chi connectivity index (χ2n) is 4.33. The Labute approximate surface area is 104 Å². The third-order valence-corrected chi connectivity index (χ3v) is 2.94. The summed E-state index contributed by atoms with van der Waals surface area (Å²) < 4.78 is 13.6. The topological polar surface area (TPSA) is 35.8 Å². The highest BCUT2D eigenvalue weighted by Crippen LogP contribution is 2.18. The Morgan fingerprint density at radius 3 is 2.75 bits per heavy atom. The van der Waals surface area contributed by atoms with E-state index in [1.807, 2.05) is 13.8 Å². The summed E-state index contributed by atoms with van der Waals surface area (Å²) in [6.07, 6.45) is 0. The zero-order valence-corrected chi connectivity index (χ0v) is 10.9. The fraction of sp³-hybridized carbons (Fsp3) is 0.417. The van der Waals surface area contributed by atoms with E-state index in [4.69, 9.17) is 5.26 Å². The molecule has 0 radical (unpaired) electrons. The lowest BCUT2D eigenvalue weighted by Gasteiger charge is -2.16. The molecule has 0 fully saturated rings. The zero-order chi connectivity index (χ0) is 12.2. The van der Waals surface area contributed by atoms with Gasteiger partial charge in [-0.3, -0.25) is 0 Å². The Morgan fingerprint density at radius 1 is 1.50 bits per heavy atom. The smallest absolute Gasteiger partial charge is 0.124 e. The van der Waals surface area contributed by atoms with Gasteiger partial charge < -0.3 is 5.32 Å². The van der Waals surface area contributed by atoms with E-state index in [0.717, 1.165) is 10.0 Å². The summed E-state index contributed by atoms with van der Waals surface area (Å²) in [6.45, 7) is 4.97. The highest BCUT2D eigenvalue weighted by molar-refractivity contribution is 9.10. The first-order valence-corrected chi connectivity index (χ1v) is 5.80. The van der Waals surface area contributed by atoms with Crippen LogP contribution in [0.2, 0.25) is 0 Å². The maximum Gasteiger partial charge on any atom is 0.124 e. The lowest BCUT2D eigenvalue weighted by atomic mass is 9.96. The molecule has 16 heavy (non-hydrogen) atoms. The van der Waals surface area contributed by atoms with Crippen molar-refractivity contribution in [1.82, 2.24) is 5.32 Å². The van der Waals surface area contributed by atoms with Crippen LogP contribution in [0.3, 0.4) is 0 Å². The van der Waals surface area contributed by atoms with Gasteiger partial charge in [0.15, 0.2) is 0 Å². The first kappa shape index (κ1) is 13.1. The quantitative estimate of drug-likeness (QED) is 0.922.